The number of ether oxygens (including phenoxy) is 1. The molecule has 1 aliphatic rings. The Morgan fingerprint density at radius 1 is 1.26 bits per heavy atom. The summed E-state index contributed by atoms with van der Waals surface area (Å²) in [5.41, 5.74) is 0.654. The molecule has 0 aliphatic carbocycles. The van der Waals surface area contributed by atoms with Gasteiger partial charge in [-0.05, 0) is 31.2 Å². The van der Waals surface area contributed by atoms with Gasteiger partial charge in [-0.3, -0.25) is 19.7 Å². The van der Waals surface area contributed by atoms with Gasteiger partial charge in [0.05, 0.1) is 17.7 Å². The van der Waals surface area contributed by atoms with Crippen LogP contribution in [-0.2, 0) is 14.3 Å². The van der Waals surface area contributed by atoms with Crippen molar-refractivity contribution in [2.75, 3.05) is 32.1 Å². The van der Waals surface area contributed by atoms with Crippen LogP contribution in [0.1, 0.15) is 18.4 Å². The van der Waals surface area contributed by atoms with Crippen molar-refractivity contribution in [3.8, 4) is 0 Å². The van der Waals surface area contributed by atoms with Crippen molar-refractivity contribution in [3.05, 3.63) is 33.9 Å². The lowest BCUT2D eigenvalue weighted by Gasteiger charge is -2.30. The second-order valence-electron chi connectivity index (χ2n) is 6.32. The summed E-state index contributed by atoms with van der Waals surface area (Å²) in [6, 6.07) is 4.04. The summed E-state index contributed by atoms with van der Waals surface area (Å²) < 4.78 is 4.67. The largest absolute Gasteiger partial charge is 0.453 e. The fourth-order valence-corrected chi connectivity index (χ4v) is 2.80. The van der Waals surface area contributed by atoms with E-state index in [0.717, 1.165) is 0 Å². The molecule has 3 amide bonds. The number of aryl methyl sites for hydroxylation is 1. The molecule has 0 bridgehead atoms. The first-order valence-corrected chi connectivity index (χ1v) is 8.49. The SMILES string of the molecule is COC(=O)N1CCC(CNC(=O)C(=O)Nc2cc([N+](=O)[O-])ccc2C)CC1. The van der Waals surface area contributed by atoms with E-state index in [1.54, 1.807) is 11.8 Å². The van der Waals surface area contributed by atoms with Crippen molar-refractivity contribution in [2.45, 2.75) is 19.8 Å². The van der Waals surface area contributed by atoms with Crippen LogP contribution in [0.5, 0.6) is 0 Å². The average molecular weight is 378 g/mol. The van der Waals surface area contributed by atoms with Crippen LogP contribution in [0.2, 0.25) is 0 Å². The molecule has 10 heteroatoms. The van der Waals surface area contributed by atoms with Gasteiger partial charge < -0.3 is 20.3 Å². The number of nitrogens with one attached hydrogen (secondary N) is 2. The Labute approximate surface area is 156 Å². The Morgan fingerprint density at radius 3 is 2.52 bits per heavy atom. The zero-order valence-corrected chi connectivity index (χ0v) is 15.2. The fourth-order valence-electron chi connectivity index (χ4n) is 2.80. The summed E-state index contributed by atoms with van der Waals surface area (Å²) in [6.45, 7) is 3.06. The molecular weight excluding hydrogens is 356 g/mol. The number of anilines is 1. The highest BCUT2D eigenvalue weighted by molar-refractivity contribution is 6.39. The highest BCUT2D eigenvalue weighted by Gasteiger charge is 2.24. The van der Waals surface area contributed by atoms with Crippen molar-refractivity contribution in [1.82, 2.24) is 10.2 Å². The molecule has 1 aliphatic heterocycles. The number of benzene rings is 1. The summed E-state index contributed by atoms with van der Waals surface area (Å²) in [5.74, 6) is -1.54. The van der Waals surface area contributed by atoms with Crippen LogP contribution in [0.25, 0.3) is 0 Å². The van der Waals surface area contributed by atoms with Gasteiger partial charge in [0.2, 0.25) is 0 Å². The third kappa shape index (κ3) is 5.40. The lowest BCUT2D eigenvalue weighted by Crippen LogP contribution is -2.43. The maximum Gasteiger partial charge on any atom is 0.409 e. The van der Waals surface area contributed by atoms with Crippen molar-refractivity contribution in [1.29, 1.82) is 0 Å². The molecule has 2 rings (SSSR count). The van der Waals surface area contributed by atoms with Crippen LogP contribution < -0.4 is 10.6 Å². The molecule has 1 saturated heterocycles. The number of non-ortho nitro benzene ring substituents is 1. The number of carbonyl (C=O) groups excluding carboxylic acids is 3. The highest BCUT2D eigenvalue weighted by Crippen LogP contribution is 2.22. The summed E-state index contributed by atoms with van der Waals surface area (Å²) >= 11 is 0. The second-order valence-corrected chi connectivity index (χ2v) is 6.32. The monoisotopic (exact) mass is 378 g/mol. The fraction of sp³-hybridized carbons (Fsp3) is 0.471. The minimum atomic E-state index is -0.884. The van der Waals surface area contributed by atoms with Crippen molar-refractivity contribution in [3.63, 3.8) is 0 Å². The third-order valence-electron chi connectivity index (χ3n) is 4.49. The van der Waals surface area contributed by atoms with Crippen LogP contribution in [0.3, 0.4) is 0 Å². The van der Waals surface area contributed by atoms with E-state index in [-0.39, 0.29) is 23.4 Å². The Bertz CT molecular complexity index is 743. The van der Waals surface area contributed by atoms with E-state index in [1.165, 1.54) is 25.3 Å². The van der Waals surface area contributed by atoms with Crippen LogP contribution in [0.4, 0.5) is 16.2 Å². The zero-order chi connectivity index (χ0) is 20.0. The van der Waals surface area contributed by atoms with Gasteiger partial charge in [0.1, 0.15) is 0 Å². The van der Waals surface area contributed by atoms with Gasteiger partial charge in [-0.25, -0.2) is 4.79 Å². The Balaban J connectivity index is 1.83. The van der Waals surface area contributed by atoms with E-state index in [2.05, 4.69) is 15.4 Å². The standard InChI is InChI=1S/C17H22N4O6/c1-11-3-4-13(21(25)26)9-14(11)19-16(23)15(22)18-10-12-5-7-20(8-6-12)17(24)27-2/h3-4,9,12H,5-8,10H2,1-2H3,(H,18,22)(H,19,23). The minimum Gasteiger partial charge on any atom is -0.453 e. The molecule has 1 aromatic carbocycles. The predicted octanol–water partition coefficient (Wildman–Crippen LogP) is 1.44. The number of likely N-dealkylation sites (tertiary alicyclic amines) is 1. The van der Waals surface area contributed by atoms with E-state index in [4.69, 9.17) is 0 Å². The quantitative estimate of drug-likeness (QED) is 0.463. The number of hydrogen-bond acceptors (Lipinski definition) is 6. The number of carbonyl (C=O) groups is 3. The first-order valence-electron chi connectivity index (χ1n) is 8.49. The topological polar surface area (TPSA) is 131 Å². The minimum absolute atomic E-state index is 0.155. The second kappa shape index (κ2) is 8.97. The third-order valence-corrected chi connectivity index (χ3v) is 4.49. The molecule has 2 N–H and O–H groups in total. The molecule has 10 nitrogen and oxygen atoms in total. The summed E-state index contributed by atoms with van der Waals surface area (Å²) in [5, 5.41) is 15.8. The molecule has 0 spiro atoms. The molecule has 0 unspecified atom stereocenters. The van der Waals surface area contributed by atoms with E-state index in [9.17, 15) is 24.5 Å². The number of piperidine rings is 1. The molecule has 1 aromatic rings. The van der Waals surface area contributed by atoms with E-state index >= 15 is 0 Å². The van der Waals surface area contributed by atoms with Crippen LogP contribution in [0, 0.1) is 23.0 Å². The number of hydrogen-bond donors (Lipinski definition) is 2. The lowest BCUT2D eigenvalue weighted by molar-refractivity contribution is -0.384. The summed E-state index contributed by atoms with van der Waals surface area (Å²) in [6.07, 6.45) is 1.02. The average Bonchev–Trinajstić information content (AvgIpc) is 2.67. The summed E-state index contributed by atoms with van der Waals surface area (Å²) in [7, 11) is 1.33. The Morgan fingerprint density at radius 2 is 1.93 bits per heavy atom. The molecule has 0 atom stereocenters. The van der Waals surface area contributed by atoms with Crippen molar-refractivity contribution < 1.29 is 24.0 Å². The number of rotatable bonds is 4. The number of nitro groups is 1. The van der Waals surface area contributed by atoms with Gasteiger partial charge >= 0.3 is 17.9 Å². The molecule has 0 radical (unpaired) electrons. The first-order chi connectivity index (χ1) is 12.8. The van der Waals surface area contributed by atoms with E-state index in [1.807, 2.05) is 0 Å². The molecule has 146 valence electrons. The van der Waals surface area contributed by atoms with Crippen LogP contribution in [0.15, 0.2) is 18.2 Å². The maximum atomic E-state index is 12.0. The predicted molar refractivity (Wildman–Crippen MR) is 96.2 cm³/mol. The van der Waals surface area contributed by atoms with Gasteiger partial charge in [-0.1, -0.05) is 6.07 Å². The molecule has 27 heavy (non-hydrogen) atoms. The van der Waals surface area contributed by atoms with Gasteiger partial charge in [-0.15, -0.1) is 0 Å². The van der Waals surface area contributed by atoms with Crippen molar-refractivity contribution >= 4 is 29.3 Å². The number of methoxy groups -OCH3 is 1. The number of nitro benzene ring substituents is 1. The number of nitrogens with zero attached hydrogens (tertiary/aromatic N) is 2. The van der Waals surface area contributed by atoms with E-state index in [0.29, 0.717) is 38.0 Å². The van der Waals surface area contributed by atoms with Gasteiger partial charge in [0.25, 0.3) is 5.69 Å². The first kappa shape index (κ1) is 20.1. The molecule has 1 heterocycles. The summed E-state index contributed by atoms with van der Waals surface area (Å²) in [4.78, 5) is 47.3. The van der Waals surface area contributed by atoms with Crippen LogP contribution in [-0.4, -0.2) is 54.5 Å². The number of amides is 3. The van der Waals surface area contributed by atoms with Crippen LogP contribution >= 0.6 is 0 Å². The maximum absolute atomic E-state index is 12.0. The zero-order valence-electron chi connectivity index (χ0n) is 15.2. The molecular formula is C17H22N4O6. The highest BCUT2D eigenvalue weighted by atomic mass is 16.6. The normalized spacial score (nSPS) is 14.4. The van der Waals surface area contributed by atoms with Gasteiger partial charge in [0.15, 0.2) is 0 Å². The van der Waals surface area contributed by atoms with Crippen molar-refractivity contribution in [2.24, 2.45) is 5.92 Å². The van der Waals surface area contributed by atoms with E-state index < -0.39 is 16.7 Å². The Kier molecular flexibility index (Phi) is 6.69. The lowest BCUT2D eigenvalue weighted by atomic mass is 9.97. The van der Waals surface area contributed by atoms with Gasteiger partial charge in [-0.2, -0.15) is 0 Å². The molecule has 0 aromatic heterocycles. The molecule has 0 saturated carbocycles. The smallest absolute Gasteiger partial charge is 0.409 e. The molecule has 1 fully saturated rings. The Hall–Kier alpha value is -3.17. The van der Waals surface area contributed by atoms with Gasteiger partial charge in [0, 0.05) is 31.8 Å².